The molecule has 3 atom stereocenters. The lowest BCUT2D eigenvalue weighted by Crippen LogP contribution is -2.42. The number of amides is 1. The fraction of sp³-hybridized carbons (Fsp3) is 0.192. The van der Waals surface area contributed by atoms with E-state index in [1.54, 1.807) is 60.7 Å². The first-order valence-corrected chi connectivity index (χ1v) is 10.8. The summed E-state index contributed by atoms with van der Waals surface area (Å²) in [5, 5.41) is 3.35. The van der Waals surface area contributed by atoms with Crippen molar-refractivity contribution in [2.45, 2.75) is 19.3 Å². The topological polar surface area (TPSA) is 72.5 Å². The van der Waals surface area contributed by atoms with E-state index >= 15 is 0 Å². The molecule has 5 nitrogen and oxygen atoms in total. The van der Waals surface area contributed by atoms with Crippen LogP contribution in [0.2, 0.25) is 5.02 Å². The van der Waals surface area contributed by atoms with Gasteiger partial charge in [-0.1, -0.05) is 54.9 Å². The highest BCUT2D eigenvalue weighted by Gasteiger charge is 2.89. The molecule has 1 amide bonds. The summed E-state index contributed by atoms with van der Waals surface area (Å²) in [6.45, 7) is 1.83. The Morgan fingerprint density at radius 3 is 2.31 bits per heavy atom. The van der Waals surface area contributed by atoms with Gasteiger partial charge in [-0.2, -0.15) is 0 Å². The third-order valence-corrected chi connectivity index (χ3v) is 7.01. The van der Waals surface area contributed by atoms with Crippen LogP contribution in [-0.4, -0.2) is 17.7 Å². The molecule has 32 heavy (non-hydrogen) atoms. The number of hydrogen-bond acceptors (Lipinski definition) is 4. The van der Waals surface area contributed by atoms with Crippen LogP contribution in [0, 0.1) is 10.8 Å². The number of para-hydroxylation sites is 2. The first kappa shape index (κ1) is 20.5. The number of benzene rings is 3. The van der Waals surface area contributed by atoms with E-state index < -0.39 is 28.6 Å². The van der Waals surface area contributed by atoms with Gasteiger partial charge in [0.2, 0.25) is 5.91 Å². The lowest BCUT2D eigenvalue weighted by molar-refractivity contribution is -0.147. The minimum atomic E-state index is -1.65. The van der Waals surface area contributed by atoms with Gasteiger partial charge in [-0.05, 0) is 48.9 Å². The van der Waals surface area contributed by atoms with Crippen LogP contribution >= 0.6 is 11.6 Å². The predicted octanol–water partition coefficient (Wildman–Crippen LogP) is 5.26. The molecule has 6 heteroatoms. The van der Waals surface area contributed by atoms with E-state index in [2.05, 4.69) is 5.32 Å². The number of halogens is 1. The molecule has 1 saturated carbocycles. The molecule has 0 bridgehead atoms. The average Bonchev–Trinajstić information content (AvgIpc) is 3.47. The molecule has 0 aromatic heterocycles. The molecule has 1 aliphatic heterocycles. The molecule has 1 heterocycles. The van der Waals surface area contributed by atoms with Crippen molar-refractivity contribution in [3.05, 3.63) is 95.0 Å². The summed E-state index contributed by atoms with van der Waals surface area (Å²) in [4.78, 5) is 41.1. The number of Topliss-reactive ketones (excluding diaryl/α,β-unsaturated/α-hetero) is 1. The van der Waals surface area contributed by atoms with Crippen molar-refractivity contribution < 1.29 is 19.1 Å². The van der Waals surface area contributed by atoms with Gasteiger partial charge in [0, 0.05) is 27.8 Å². The van der Waals surface area contributed by atoms with Crippen LogP contribution in [0.25, 0.3) is 0 Å². The van der Waals surface area contributed by atoms with Crippen LogP contribution in [-0.2, 0) is 9.59 Å². The smallest absolute Gasteiger partial charge is 0.328 e. The maximum Gasteiger partial charge on any atom is 0.328 e. The molecule has 160 valence electrons. The van der Waals surface area contributed by atoms with Gasteiger partial charge in [0.25, 0.3) is 0 Å². The molecule has 3 aromatic rings. The van der Waals surface area contributed by atoms with Crippen LogP contribution in [0.15, 0.2) is 78.9 Å². The number of hydrogen-bond donors (Lipinski definition) is 1. The Hall–Kier alpha value is -3.44. The lowest BCUT2D eigenvalue weighted by Gasteiger charge is -2.23. The second-order valence-corrected chi connectivity index (χ2v) is 8.59. The normalized spacial score (nSPS) is 25.2. The number of ether oxygens (including phenoxy) is 1. The largest absolute Gasteiger partial charge is 0.425 e. The number of rotatable bonds is 5. The quantitative estimate of drug-likeness (QED) is 0.251. The second kappa shape index (κ2) is 7.31. The van der Waals surface area contributed by atoms with E-state index in [1.165, 1.54) is 0 Å². The van der Waals surface area contributed by atoms with Crippen molar-refractivity contribution >= 4 is 34.9 Å². The van der Waals surface area contributed by atoms with E-state index in [-0.39, 0.29) is 5.78 Å². The van der Waals surface area contributed by atoms with Crippen molar-refractivity contribution in [2.75, 3.05) is 5.32 Å². The van der Waals surface area contributed by atoms with E-state index in [9.17, 15) is 14.4 Å². The zero-order chi connectivity index (χ0) is 22.5. The van der Waals surface area contributed by atoms with Crippen LogP contribution in [0.3, 0.4) is 0 Å². The highest BCUT2D eigenvalue weighted by molar-refractivity contribution is 6.30. The van der Waals surface area contributed by atoms with E-state index in [0.717, 1.165) is 0 Å². The Balaban J connectivity index is 1.67. The summed E-state index contributed by atoms with van der Waals surface area (Å²) in [6, 6.07) is 22.5. The lowest BCUT2D eigenvalue weighted by atomic mass is 9.82. The molecule has 1 fully saturated rings. The summed E-state index contributed by atoms with van der Waals surface area (Å²) in [7, 11) is 0. The van der Waals surface area contributed by atoms with Gasteiger partial charge in [-0.25, -0.2) is 0 Å². The molecule has 0 spiro atoms. The highest BCUT2D eigenvalue weighted by atomic mass is 35.5. The van der Waals surface area contributed by atoms with Crippen molar-refractivity contribution in [1.82, 2.24) is 0 Å². The molecule has 2 aliphatic rings. The van der Waals surface area contributed by atoms with Crippen molar-refractivity contribution in [3.63, 3.8) is 0 Å². The number of carbonyl (C=O) groups excluding carboxylic acids is 3. The Kier molecular flexibility index (Phi) is 4.68. The number of fused-ring (bicyclic) bond motifs is 3. The first-order valence-electron chi connectivity index (χ1n) is 10.4. The standard InChI is InChI=1S/C26H20ClNO4/c1-2-25(22(29)16-12-14-17(27)15-13-16)21-19-10-6-7-11-20(19)32-24(31)26(21,25)23(30)28-18-8-4-3-5-9-18/h3-15,21H,2H2,1H3,(H,28,30)/t21-,25-,26-/m0/s1. The molecular weight excluding hydrogens is 426 g/mol. The predicted molar refractivity (Wildman–Crippen MR) is 121 cm³/mol. The zero-order valence-electron chi connectivity index (χ0n) is 17.3. The van der Waals surface area contributed by atoms with Gasteiger partial charge in [0.1, 0.15) is 5.75 Å². The van der Waals surface area contributed by atoms with Gasteiger partial charge in [-0.15, -0.1) is 0 Å². The summed E-state index contributed by atoms with van der Waals surface area (Å²) >= 11 is 6.01. The van der Waals surface area contributed by atoms with E-state index in [4.69, 9.17) is 16.3 Å². The Bertz CT molecular complexity index is 1240. The second-order valence-electron chi connectivity index (χ2n) is 8.15. The maximum absolute atomic E-state index is 13.9. The van der Waals surface area contributed by atoms with Crippen molar-refractivity contribution in [3.8, 4) is 5.75 Å². The number of carbonyl (C=O) groups is 3. The van der Waals surface area contributed by atoms with Gasteiger partial charge < -0.3 is 10.1 Å². The molecule has 3 aromatic carbocycles. The van der Waals surface area contributed by atoms with E-state index in [1.807, 2.05) is 25.1 Å². The molecular formula is C26H20ClNO4. The molecule has 0 saturated heterocycles. The minimum absolute atomic E-state index is 0.265. The molecule has 1 aliphatic carbocycles. The maximum atomic E-state index is 13.9. The fourth-order valence-corrected chi connectivity index (χ4v) is 5.44. The first-order chi connectivity index (χ1) is 15.5. The molecule has 0 radical (unpaired) electrons. The summed E-state index contributed by atoms with van der Waals surface area (Å²) in [6.07, 6.45) is 0.296. The molecule has 1 N–H and O–H groups in total. The highest BCUT2D eigenvalue weighted by Crippen LogP contribution is 2.80. The Morgan fingerprint density at radius 1 is 0.969 bits per heavy atom. The Labute approximate surface area is 190 Å². The van der Waals surface area contributed by atoms with Crippen LogP contribution in [0.4, 0.5) is 5.69 Å². The third-order valence-electron chi connectivity index (χ3n) is 6.76. The summed E-state index contributed by atoms with van der Waals surface area (Å²) in [5.74, 6) is -1.72. The average molecular weight is 446 g/mol. The number of ketones is 1. The van der Waals surface area contributed by atoms with Gasteiger partial charge >= 0.3 is 5.97 Å². The van der Waals surface area contributed by atoms with Crippen LogP contribution in [0.5, 0.6) is 5.75 Å². The minimum Gasteiger partial charge on any atom is -0.425 e. The summed E-state index contributed by atoms with van der Waals surface area (Å²) in [5.41, 5.74) is -1.26. The number of nitrogens with one attached hydrogen (secondary N) is 1. The fourth-order valence-electron chi connectivity index (χ4n) is 5.32. The molecule has 5 rings (SSSR count). The van der Waals surface area contributed by atoms with Gasteiger partial charge in [0.05, 0.1) is 5.41 Å². The van der Waals surface area contributed by atoms with Crippen LogP contribution < -0.4 is 10.1 Å². The van der Waals surface area contributed by atoms with Gasteiger partial charge in [0.15, 0.2) is 11.2 Å². The third kappa shape index (κ3) is 2.61. The van der Waals surface area contributed by atoms with Gasteiger partial charge in [-0.3, -0.25) is 14.4 Å². The number of esters is 1. The zero-order valence-corrected chi connectivity index (χ0v) is 18.1. The summed E-state index contributed by atoms with van der Waals surface area (Å²) < 4.78 is 5.64. The molecule has 0 unspecified atom stereocenters. The monoisotopic (exact) mass is 445 g/mol. The van der Waals surface area contributed by atoms with Crippen LogP contribution in [0.1, 0.15) is 35.2 Å². The SMILES string of the molecule is CC[C@@]1(C(=O)c2ccc(Cl)cc2)[C@@H]2c3ccccc3OC(=O)[C@@]21C(=O)Nc1ccccc1. The van der Waals surface area contributed by atoms with Crippen molar-refractivity contribution in [2.24, 2.45) is 10.8 Å². The van der Waals surface area contributed by atoms with Crippen molar-refractivity contribution in [1.29, 1.82) is 0 Å². The number of anilines is 1. The Morgan fingerprint density at radius 2 is 1.62 bits per heavy atom. The van der Waals surface area contributed by atoms with E-state index in [0.29, 0.717) is 34.0 Å².